The van der Waals surface area contributed by atoms with Gasteiger partial charge in [-0.2, -0.15) is 11.8 Å². The number of hydrogen-bond donors (Lipinski definition) is 1. The van der Waals surface area contributed by atoms with Crippen LogP contribution in [0, 0.1) is 6.92 Å². The van der Waals surface area contributed by atoms with Crippen molar-refractivity contribution in [2.45, 2.75) is 25.5 Å². The van der Waals surface area contributed by atoms with E-state index in [1.807, 2.05) is 18.7 Å². The highest BCUT2D eigenvalue weighted by atomic mass is 32.2. The minimum absolute atomic E-state index is 0.289. The molecule has 5 heteroatoms. The fraction of sp³-hybridized carbons (Fsp3) is 0.500. The fourth-order valence-electron chi connectivity index (χ4n) is 2.59. The number of nitrogen functional groups attached to an aromatic ring is 1. The molecule has 1 aliphatic rings. The molecule has 0 amide bonds. The molecule has 0 bridgehead atoms. The lowest BCUT2D eigenvalue weighted by Gasteiger charge is -2.39. The number of thioether (sulfide) groups is 1. The van der Waals surface area contributed by atoms with E-state index in [2.05, 4.69) is 35.9 Å². The van der Waals surface area contributed by atoms with Gasteiger partial charge in [0.05, 0.1) is 26.6 Å². The summed E-state index contributed by atoms with van der Waals surface area (Å²) < 4.78 is 1.47. The molecule has 0 aliphatic carbocycles. The van der Waals surface area contributed by atoms with Crippen molar-refractivity contribution < 1.29 is 0 Å². The van der Waals surface area contributed by atoms with Gasteiger partial charge in [0, 0.05) is 23.6 Å². The zero-order valence-corrected chi connectivity index (χ0v) is 13.2. The molecule has 102 valence electrons. The normalized spacial score (nSPS) is 19.0. The number of nitrogens with zero attached hydrogens (tertiary/aromatic N) is 2. The third-order valence-corrected chi connectivity index (χ3v) is 5.64. The summed E-state index contributed by atoms with van der Waals surface area (Å²) in [4.78, 5) is 6.98. The van der Waals surface area contributed by atoms with Crippen molar-refractivity contribution in [2.75, 3.05) is 29.5 Å². The van der Waals surface area contributed by atoms with Crippen LogP contribution in [-0.4, -0.2) is 28.6 Å². The Morgan fingerprint density at radius 1 is 1.37 bits per heavy atom. The molecule has 0 spiro atoms. The Labute approximate surface area is 122 Å². The van der Waals surface area contributed by atoms with Gasteiger partial charge in [0.2, 0.25) is 0 Å². The first-order valence-corrected chi connectivity index (χ1v) is 8.30. The molecule has 2 aromatic rings. The Kier molecular flexibility index (Phi) is 3.14. The molecule has 2 N–H and O–H groups in total. The SMILES string of the molecule is Cc1nc2cc(N3CCSC(C)(C)C3)c(N)cc2s1. The van der Waals surface area contributed by atoms with Gasteiger partial charge in [-0.1, -0.05) is 0 Å². The Balaban J connectivity index is 2.01. The van der Waals surface area contributed by atoms with Crippen LogP contribution in [0.25, 0.3) is 10.2 Å². The Morgan fingerprint density at radius 2 is 2.16 bits per heavy atom. The van der Waals surface area contributed by atoms with E-state index >= 15 is 0 Å². The van der Waals surface area contributed by atoms with E-state index in [4.69, 9.17) is 5.73 Å². The van der Waals surface area contributed by atoms with Crippen LogP contribution in [0.3, 0.4) is 0 Å². The van der Waals surface area contributed by atoms with E-state index in [9.17, 15) is 0 Å². The molecule has 0 saturated carbocycles. The van der Waals surface area contributed by atoms with Gasteiger partial charge in [0.1, 0.15) is 0 Å². The van der Waals surface area contributed by atoms with E-state index < -0.39 is 0 Å². The second-order valence-corrected chi connectivity index (χ2v) is 8.68. The van der Waals surface area contributed by atoms with E-state index in [1.165, 1.54) is 4.70 Å². The quantitative estimate of drug-likeness (QED) is 0.817. The number of nitrogens with two attached hydrogens (primary N) is 1. The monoisotopic (exact) mass is 293 g/mol. The van der Waals surface area contributed by atoms with Crippen molar-refractivity contribution in [3.05, 3.63) is 17.1 Å². The summed E-state index contributed by atoms with van der Waals surface area (Å²) in [5, 5.41) is 1.10. The molecule has 3 rings (SSSR count). The van der Waals surface area contributed by atoms with Crippen molar-refractivity contribution >= 4 is 44.7 Å². The maximum atomic E-state index is 6.25. The number of anilines is 2. The van der Waals surface area contributed by atoms with Crippen molar-refractivity contribution in [1.29, 1.82) is 0 Å². The Hall–Kier alpha value is -0.940. The van der Waals surface area contributed by atoms with Crippen molar-refractivity contribution in [3.63, 3.8) is 0 Å². The molecule has 3 nitrogen and oxygen atoms in total. The molecule has 0 radical (unpaired) electrons. The second-order valence-electron chi connectivity index (χ2n) is 5.64. The summed E-state index contributed by atoms with van der Waals surface area (Å²) in [7, 11) is 0. The third kappa shape index (κ3) is 2.54. The number of thiazole rings is 1. The summed E-state index contributed by atoms with van der Waals surface area (Å²) in [5.41, 5.74) is 9.34. The van der Waals surface area contributed by atoms with Crippen LogP contribution in [0.2, 0.25) is 0 Å². The lowest BCUT2D eigenvalue weighted by molar-refractivity contribution is 0.648. The van der Waals surface area contributed by atoms with Gasteiger partial charge in [-0.15, -0.1) is 11.3 Å². The number of rotatable bonds is 1. The van der Waals surface area contributed by atoms with E-state index in [0.29, 0.717) is 0 Å². The number of aromatic nitrogens is 1. The zero-order valence-electron chi connectivity index (χ0n) is 11.6. The van der Waals surface area contributed by atoms with Crippen LogP contribution >= 0.6 is 23.1 Å². The first kappa shape index (κ1) is 13.1. The average Bonchev–Trinajstić information content (AvgIpc) is 2.65. The topological polar surface area (TPSA) is 42.2 Å². The van der Waals surface area contributed by atoms with Crippen molar-refractivity contribution in [2.24, 2.45) is 0 Å². The van der Waals surface area contributed by atoms with Crippen LogP contribution in [0.15, 0.2) is 12.1 Å². The minimum atomic E-state index is 0.289. The first-order chi connectivity index (χ1) is 8.94. The molecule has 0 atom stereocenters. The molecule has 0 unspecified atom stereocenters. The molecule has 2 heterocycles. The Bertz CT molecular complexity index is 618. The molecule has 1 aliphatic heterocycles. The highest BCUT2D eigenvalue weighted by Crippen LogP contribution is 2.37. The lowest BCUT2D eigenvalue weighted by Crippen LogP contribution is -2.43. The highest BCUT2D eigenvalue weighted by molar-refractivity contribution is 8.00. The van der Waals surface area contributed by atoms with Crippen LogP contribution in [0.5, 0.6) is 0 Å². The molecule has 1 saturated heterocycles. The molecule has 1 aromatic heterocycles. The summed E-state index contributed by atoms with van der Waals surface area (Å²) >= 11 is 3.74. The maximum Gasteiger partial charge on any atom is 0.0907 e. The van der Waals surface area contributed by atoms with Gasteiger partial charge in [-0.3, -0.25) is 0 Å². The maximum absolute atomic E-state index is 6.25. The first-order valence-electron chi connectivity index (χ1n) is 6.50. The number of aryl methyl sites for hydroxylation is 1. The predicted molar refractivity (Wildman–Crippen MR) is 87.5 cm³/mol. The smallest absolute Gasteiger partial charge is 0.0907 e. The number of hydrogen-bond acceptors (Lipinski definition) is 5. The van der Waals surface area contributed by atoms with Gasteiger partial charge < -0.3 is 10.6 Å². The van der Waals surface area contributed by atoms with Crippen LogP contribution in [0.4, 0.5) is 11.4 Å². The summed E-state index contributed by atoms with van der Waals surface area (Å²) in [5.74, 6) is 1.15. The van der Waals surface area contributed by atoms with Gasteiger partial charge >= 0.3 is 0 Å². The highest BCUT2D eigenvalue weighted by Gasteiger charge is 2.28. The van der Waals surface area contributed by atoms with Gasteiger partial charge in [0.25, 0.3) is 0 Å². The zero-order chi connectivity index (χ0) is 13.6. The molecular formula is C14H19N3S2. The van der Waals surface area contributed by atoms with Crippen LogP contribution < -0.4 is 10.6 Å². The predicted octanol–water partition coefficient (Wildman–Crippen LogP) is 3.52. The molecule has 1 aromatic carbocycles. The van der Waals surface area contributed by atoms with E-state index in [-0.39, 0.29) is 4.75 Å². The lowest BCUT2D eigenvalue weighted by atomic mass is 10.1. The van der Waals surface area contributed by atoms with Crippen LogP contribution in [0.1, 0.15) is 18.9 Å². The van der Waals surface area contributed by atoms with E-state index in [1.54, 1.807) is 11.3 Å². The third-order valence-electron chi connectivity index (χ3n) is 3.41. The minimum Gasteiger partial charge on any atom is -0.397 e. The summed E-state index contributed by atoms with van der Waals surface area (Å²) in [6.45, 7) is 8.74. The van der Waals surface area contributed by atoms with Gasteiger partial charge in [-0.25, -0.2) is 4.98 Å². The number of benzene rings is 1. The largest absolute Gasteiger partial charge is 0.397 e. The van der Waals surface area contributed by atoms with Crippen molar-refractivity contribution in [1.82, 2.24) is 4.98 Å². The molecular weight excluding hydrogens is 274 g/mol. The second kappa shape index (κ2) is 4.56. The summed E-state index contributed by atoms with van der Waals surface area (Å²) in [6.07, 6.45) is 0. The molecule has 1 fully saturated rings. The van der Waals surface area contributed by atoms with Gasteiger partial charge in [0.15, 0.2) is 0 Å². The Morgan fingerprint density at radius 3 is 2.89 bits per heavy atom. The number of fused-ring (bicyclic) bond motifs is 1. The summed E-state index contributed by atoms with van der Waals surface area (Å²) in [6, 6.07) is 4.23. The average molecular weight is 293 g/mol. The van der Waals surface area contributed by atoms with Crippen molar-refractivity contribution in [3.8, 4) is 0 Å². The van der Waals surface area contributed by atoms with Crippen LogP contribution in [-0.2, 0) is 0 Å². The molecule has 19 heavy (non-hydrogen) atoms. The standard InChI is InChI=1S/C14H19N3S2/c1-9-16-11-7-12(10(15)6-13(11)19-9)17-4-5-18-14(2,3)8-17/h6-7H,4-5,8,15H2,1-3H3. The van der Waals surface area contributed by atoms with Gasteiger partial charge in [-0.05, 0) is 32.9 Å². The van der Waals surface area contributed by atoms with E-state index in [0.717, 1.165) is 40.7 Å². The fourth-order valence-corrected chi connectivity index (χ4v) is 4.56.